The van der Waals surface area contributed by atoms with Gasteiger partial charge in [-0.15, -0.1) is 33.2 Å². The number of halogens is 6. The van der Waals surface area contributed by atoms with Gasteiger partial charge in [0.1, 0.15) is 0 Å². The Balaban J connectivity index is 3.68. The van der Waals surface area contributed by atoms with Crippen LogP contribution in [0.4, 0.5) is 13.2 Å². The highest BCUT2D eigenvalue weighted by atomic mass is 35.8. The zero-order valence-electron chi connectivity index (χ0n) is 4.63. The van der Waals surface area contributed by atoms with E-state index in [0.717, 1.165) is 0 Å². The SMILES string of the molecule is FC(F)C(F)C[Si](Cl)(Cl)Cl. The molecule has 0 saturated carbocycles. The molecule has 0 nitrogen and oxygen atoms in total. The molecule has 0 aromatic carbocycles. The third kappa shape index (κ3) is 5.65. The molecule has 0 rings (SSSR count). The Labute approximate surface area is 71.4 Å². The summed E-state index contributed by atoms with van der Waals surface area (Å²) in [5.74, 6) is 0. The van der Waals surface area contributed by atoms with Gasteiger partial charge < -0.3 is 0 Å². The van der Waals surface area contributed by atoms with Gasteiger partial charge in [-0.2, -0.15) is 0 Å². The van der Waals surface area contributed by atoms with Gasteiger partial charge in [-0.25, -0.2) is 13.2 Å². The highest BCUT2D eigenvalue weighted by Gasteiger charge is 2.34. The first kappa shape index (κ1) is 10.9. The van der Waals surface area contributed by atoms with Crippen LogP contribution in [0.3, 0.4) is 0 Å². The molecule has 62 valence electrons. The minimum absolute atomic E-state index is 0.644. The fourth-order valence-corrected chi connectivity index (χ4v) is 2.26. The fraction of sp³-hybridized carbons (Fsp3) is 1.00. The van der Waals surface area contributed by atoms with Gasteiger partial charge in [0.25, 0.3) is 6.43 Å². The molecule has 0 aliphatic carbocycles. The van der Waals surface area contributed by atoms with Gasteiger partial charge in [-0.3, -0.25) is 0 Å². The van der Waals surface area contributed by atoms with Crippen molar-refractivity contribution in [2.24, 2.45) is 0 Å². The maximum absolute atomic E-state index is 12.1. The summed E-state index contributed by atoms with van der Waals surface area (Å²) in [5, 5.41) is 0. The molecular formula is C3H4Cl3F3Si. The Morgan fingerprint density at radius 3 is 1.60 bits per heavy atom. The van der Waals surface area contributed by atoms with E-state index in [1.165, 1.54) is 0 Å². The smallest absolute Gasteiger partial charge is 0.241 e. The van der Waals surface area contributed by atoms with Gasteiger partial charge in [-0.1, -0.05) is 0 Å². The summed E-state index contributed by atoms with van der Waals surface area (Å²) in [7, 11) is 0. The highest BCUT2D eigenvalue weighted by molar-refractivity contribution is 7.64. The first-order valence-electron chi connectivity index (χ1n) is 2.32. The summed E-state index contributed by atoms with van der Waals surface area (Å²) in [6, 6.07) is -3.86. The van der Waals surface area contributed by atoms with E-state index in [9.17, 15) is 13.2 Å². The lowest BCUT2D eigenvalue weighted by Gasteiger charge is -2.10. The lowest BCUT2D eigenvalue weighted by Crippen LogP contribution is -2.22. The first-order chi connectivity index (χ1) is 4.33. The van der Waals surface area contributed by atoms with Crippen LogP contribution >= 0.6 is 33.2 Å². The van der Waals surface area contributed by atoms with Gasteiger partial charge in [0.15, 0.2) is 6.17 Å². The van der Waals surface area contributed by atoms with Crippen LogP contribution in [0, 0.1) is 0 Å². The van der Waals surface area contributed by atoms with Gasteiger partial charge in [0.05, 0.1) is 0 Å². The summed E-state index contributed by atoms with van der Waals surface area (Å²) in [6.07, 6.45) is -5.36. The average molecular weight is 232 g/mol. The standard InChI is InChI=1S/C3H4Cl3F3Si/c4-10(5,6)1-2(7)3(8)9/h2-3H,1H2. The van der Waals surface area contributed by atoms with Crippen molar-refractivity contribution in [2.45, 2.75) is 18.6 Å². The van der Waals surface area contributed by atoms with Crippen LogP contribution in [0.5, 0.6) is 0 Å². The molecule has 0 N–H and O–H groups in total. The molecule has 0 aliphatic heterocycles. The molecule has 1 atom stereocenters. The van der Waals surface area contributed by atoms with Crippen molar-refractivity contribution >= 4 is 39.2 Å². The predicted molar refractivity (Wildman–Crippen MR) is 39.0 cm³/mol. The Morgan fingerprint density at radius 2 is 1.50 bits per heavy atom. The summed E-state index contributed by atoms with van der Waals surface area (Å²) in [4.78, 5) is 0. The van der Waals surface area contributed by atoms with E-state index in [4.69, 9.17) is 33.2 Å². The summed E-state index contributed by atoms with van der Waals surface area (Å²) < 4.78 is 34.9. The Bertz CT molecular complexity index is 104. The second-order valence-electron chi connectivity index (χ2n) is 1.67. The van der Waals surface area contributed by atoms with Crippen LogP contribution in [0.2, 0.25) is 6.04 Å². The van der Waals surface area contributed by atoms with Crippen LogP contribution in [0.25, 0.3) is 0 Å². The zero-order valence-corrected chi connectivity index (χ0v) is 7.90. The normalized spacial score (nSPS) is 15.9. The minimum Gasteiger partial charge on any atom is -0.241 e. The number of rotatable bonds is 3. The largest absolute Gasteiger partial charge is 0.344 e. The Morgan fingerprint density at radius 1 is 1.10 bits per heavy atom. The van der Waals surface area contributed by atoms with Crippen molar-refractivity contribution in [3.8, 4) is 0 Å². The third-order valence-corrected chi connectivity index (χ3v) is 2.94. The third-order valence-electron chi connectivity index (χ3n) is 0.700. The molecule has 0 aromatic rings. The van der Waals surface area contributed by atoms with Crippen molar-refractivity contribution in [1.82, 2.24) is 0 Å². The molecule has 0 bridgehead atoms. The maximum Gasteiger partial charge on any atom is 0.344 e. The van der Waals surface area contributed by atoms with E-state index >= 15 is 0 Å². The zero-order chi connectivity index (χ0) is 8.36. The van der Waals surface area contributed by atoms with Crippen LogP contribution in [-0.2, 0) is 0 Å². The molecule has 0 heterocycles. The number of alkyl halides is 3. The molecule has 0 fully saturated rings. The van der Waals surface area contributed by atoms with Crippen molar-refractivity contribution in [3.63, 3.8) is 0 Å². The van der Waals surface area contributed by atoms with E-state index in [-0.39, 0.29) is 0 Å². The lowest BCUT2D eigenvalue weighted by molar-refractivity contribution is 0.0602. The molecule has 0 amide bonds. The van der Waals surface area contributed by atoms with Crippen LogP contribution in [-0.4, -0.2) is 18.6 Å². The second kappa shape index (κ2) is 4.04. The molecule has 0 aromatic heterocycles. The topological polar surface area (TPSA) is 0 Å². The van der Waals surface area contributed by atoms with Crippen molar-refractivity contribution in [3.05, 3.63) is 0 Å². The molecule has 0 spiro atoms. The first-order valence-corrected chi connectivity index (χ1v) is 7.56. The molecular weight excluding hydrogens is 227 g/mol. The maximum atomic E-state index is 12.1. The summed E-state index contributed by atoms with van der Waals surface area (Å²) >= 11 is 15.5. The van der Waals surface area contributed by atoms with Crippen LogP contribution in [0.15, 0.2) is 0 Å². The average Bonchev–Trinajstić information content (AvgIpc) is 1.60. The highest BCUT2D eigenvalue weighted by Crippen LogP contribution is 2.29. The van der Waals surface area contributed by atoms with Crippen molar-refractivity contribution in [2.75, 3.05) is 0 Å². The van der Waals surface area contributed by atoms with E-state index in [1.807, 2.05) is 0 Å². The van der Waals surface area contributed by atoms with Crippen LogP contribution < -0.4 is 0 Å². The lowest BCUT2D eigenvalue weighted by atomic mass is 10.5. The number of hydrogen-bond donors (Lipinski definition) is 0. The van der Waals surface area contributed by atoms with E-state index in [2.05, 4.69) is 0 Å². The Kier molecular flexibility index (Phi) is 4.40. The summed E-state index contributed by atoms with van der Waals surface area (Å²) in [6.45, 7) is 0. The monoisotopic (exact) mass is 230 g/mol. The molecule has 10 heavy (non-hydrogen) atoms. The fourth-order valence-electron chi connectivity index (χ4n) is 0.310. The Hall–Kier alpha value is 0.877. The summed E-state index contributed by atoms with van der Waals surface area (Å²) in [5.41, 5.74) is 0. The molecule has 0 aliphatic rings. The molecule has 7 heteroatoms. The van der Waals surface area contributed by atoms with E-state index < -0.39 is 24.6 Å². The van der Waals surface area contributed by atoms with Crippen molar-refractivity contribution in [1.29, 1.82) is 0 Å². The van der Waals surface area contributed by atoms with Gasteiger partial charge in [0, 0.05) is 6.04 Å². The van der Waals surface area contributed by atoms with Gasteiger partial charge in [0.2, 0.25) is 0 Å². The second-order valence-corrected chi connectivity index (χ2v) is 10.9. The van der Waals surface area contributed by atoms with Gasteiger partial charge >= 0.3 is 6.00 Å². The molecule has 0 radical (unpaired) electrons. The van der Waals surface area contributed by atoms with Crippen LogP contribution in [0.1, 0.15) is 0 Å². The quantitative estimate of drug-likeness (QED) is 0.517. The number of hydrogen-bond acceptors (Lipinski definition) is 0. The predicted octanol–water partition coefficient (Wildman–Crippen LogP) is 3.24. The van der Waals surface area contributed by atoms with Gasteiger partial charge in [-0.05, 0) is 0 Å². The van der Waals surface area contributed by atoms with Crippen molar-refractivity contribution < 1.29 is 13.2 Å². The molecule has 0 saturated heterocycles. The molecule has 1 unspecified atom stereocenters. The van der Waals surface area contributed by atoms with E-state index in [1.54, 1.807) is 0 Å². The minimum atomic E-state index is -3.22. The van der Waals surface area contributed by atoms with E-state index in [0.29, 0.717) is 0 Å².